The van der Waals surface area contributed by atoms with Crippen LogP contribution in [0.2, 0.25) is 0 Å². The van der Waals surface area contributed by atoms with Crippen molar-refractivity contribution in [3.63, 3.8) is 0 Å². The fourth-order valence-electron chi connectivity index (χ4n) is 2.42. The van der Waals surface area contributed by atoms with Crippen LogP contribution < -0.4 is 15.8 Å². The van der Waals surface area contributed by atoms with Gasteiger partial charge in [-0.2, -0.15) is 5.10 Å². The van der Waals surface area contributed by atoms with E-state index in [1.165, 1.54) is 11.3 Å². The predicted octanol–water partition coefficient (Wildman–Crippen LogP) is 2.83. The normalized spacial score (nSPS) is 10.8. The molecular weight excluding hydrogens is 324 g/mol. The number of aryl methyl sites for hydroxylation is 2. The number of amides is 1. The summed E-state index contributed by atoms with van der Waals surface area (Å²) in [5.74, 6) is 0.576. The Morgan fingerprint density at radius 2 is 1.96 bits per heavy atom. The van der Waals surface area contributed by atoms with Crippen molar-refractivity contribution >= 4 is 33.1 Å². The number of nitrogen functional groups attached to an aromatic ring is 1. The summed E-state index contributed by atoms with van der Waals surface area (Å²) in [6.45, 7) is 4.23. The Bertz CT molecular complexity index is 903. The molecule has 0 saturated carbocycles. The number of ether oxygens (including phenoxy) is 1. The summed E-state index contributed by atoms with van der Waals surface area (Å²) in [7, 11) is 1.62. The number of nitrogens with two attached hydrogens (primary N) is 1. The summed E-state index contributed by atoms with van der Waals surface area (Å²) < 4.78 is 5.12. The van der Waals surface area contributed by atoms with Gasteiger partial charge in [0.1, 0.15) is 15.5 Å². The number of hydrogen-bond acceptors (Lipinski definition) is 6. The molecule has 3 rings (SSSR count). The molecule has 6 nitrogen and oxygen atoms in total. The van der Waals surface area contributed by atoms with E-state index >= 15 is 0 Å². The Balaban J connectivity index is 1.81. The number of aromatic nitrogens is 2. The van der Waals surface area contributed by atoms with Gasteiger partial charge in [-0.05, 0) is 37.1 Å². The molecule has 2 aromatic heterocycles. The van der Waals surface area contributed by atoms with Gasteiger partial charge in [0.15, 0.2) is 0 Å². The number of nitrogens with zero attached hydrogens (tertiary/aromatic N) is 2. The first-order chi connectivity index (χ1) is 11.5. The molecule has 0 spiro atoms. The van der Waals surface area contributed by atoms with Crippen molar-refractivity contribution in [2.24, 2.45) is 0 Å². The first-order valence-electron chi connectivity index (χ1n) is 7.44. The van der Waals surface area contributed by atoms with E-state index in [9.17, 15) is 4.79 Å². The van der Waals surface area contributed by atoms with Gasteiger partial charge in [-0.1, -0.05) is 12.1 Å². The van der Waals surface area contributed by atoms with Gasteiger partial charge >= 0.3 is 0 Å². The Kier molecular flexibility index (Phi) is 4.35. The topological polar surface area (TPSA) is 90.1 Å². The van der Waals surface area contributed by atoms with E-state index in [0.29, 0.717) is 21.9 Å². The highest BCUT2D eigenvalue weighted by molar-refractivity contribution is 7.21. The molecule has 1 aromatic carbocycles. The number of carbonyl (C=O) groups is 1. The highest BCUT2D eigenvalue weighted by atomic mass is 32.1. The van der Waals surface area contributed by atoms with Crippen LogP contribution in [0.1, 0.15) is 26.5 Å². The van der Waals surface area contributed by atoms with E-state index in [1.54, 1.807) is 7.11 Å². The largest absolute Gasteiger partial charge is 0.497 e. The molecule has 0 unspecified atom stereocenters. The number of carbonyl (C=O) groups excluding carboxylic acids is 1. The molecule has 3 N–H and O–H groups in total. The summed E-state index contributed by atoms with van der Waals surface area (Å²) in [5, 5.41) is 11.9. The minimum absolute atomic E-state index is 0.205. The van der Waals surface area contributed by atoms with Gasteiger partial charge in [0.25, 0.3) is 5.91 Å². The third-order valence-corrected chi connectivity index (χ3v) is 5.04. The SMILES string of the molecule is COc1ccc(CNC(=O)c2sc3nnc(C)c(C)c3c2N)cc1. The number of anilines is 1. The van der Waals surface area contributed by atoms with Crippen LogP contribution in [-0.4, -0.2) is 23.2 Å². The second-order valence-corrected chi connectivity index (χ2v) is 6.47. The van der Waals surface area contributed by atoms with Gasteiger partial charge in [0.2, 0.25) is 0 Å². The van der Waals surface area contributed by atoms with Crippen LogP contribution in [0.4, 0.5) is 5.69 Å². The Morgan fingerprint density at radius 1 is 1.25 bits per heavy atom. The number of fused-ring (bicyclic) bond motifs is 1. The first kappa shape index (κ1) is 16.2. The molecule has 24 heavy (non-hydrogen) atoms. The number of rotatable bonds is 4. The standard InChI is InChI=1S/C17H18N4O2S/c1-9-10(2)20-21-17-13(9)14(18)15(24-17)16(22)19-8-11-4-6-12(23-3)7-5-11/h4-7H,8,18H2,1-3H3,(H,19,22). The lowest BCUT2D eigenvalue weighted by molar-refractivity contribution is 0.0956. The Hall–Kier alpha value is -2.67. The van der Waals surface area contributed by atoms with Crippen molar-refractivity contribution in [1.29, 1.82) is 0 Å². The molecule has 3 aromatic rings. The first-order valence-corrected chi connectivity index (χ1v) is 8.26. The number of benzene rings is 1. The second kappa shape index (κ2) is 6.45. The van der Waals surface area contributed by atoms with Gasteiger partial charge in [-0.25, -0.2) is 0 Å². The van der Waals surface area contributed by atoms with Crippen molar-refractivity contribution < 1.29 is 9.53 Å². The molecule has 0 bridgehead atoms. The van der Waals surface area contributed by atoms with E-state index < -0.39 is 0 Å². The molecule has 0 saturated heterocycles. The van der Waals surface area contributed by atoms with Crippen molar-refractivity contribution in [2.75, 3.05) is 12.8 Å². The summed E-state index contributed by atoms with van der Waals surface area (Å²) in [6, 6.07) is 7.53. The van der Waals surface area contributed by atoms with E-state index in [4.69, 9.17) is 10.5 Å². The third kappa shape index (κ3) is 2.90. The van der Waals surface area contributed by atoms with Crippen LogP contribution in [0.5, 0.6) is 5.75 Å². The molecule has 0 aliphatic carbocycles. The van der Waals surface area contributed by atoms with Crippen molar-refractivity contribution in [3.8, 4) is 5.75 Å². The molecule has 0 aliphatic heterocycles. The molecule has 0 aliphatic rings. The van der Waals surface area contributed by atoms with Gasteiger partial charge in [-0.15, -0.1) is 16.4 Å². The fourth-order valence-corrected chi connectivity index (χ4v) is 3.43. The Morgan fingerprint density at radius 3 is 2.62 bits per heavy atom. The van der Waals surface area contributed by atoms with E-state index in [1.807, 2.05) is 38.1 Å². The van der Waals surface area contributed by atoms with Crippen molar-refractivity contribution in [1.82, 2.24) is 15.5 Å². The van der Waals surface area contributed by atoms with Crippen molar-refractivity contribution in [3.05, 3.63) is 46.0 Å². The van der Waals surface area contributed by atoms with Crippen LogP contribution in [0.15, 0.2) is 24.3 Å². The predicted molar refractivity (Wildman–Crippen MR) is 95.5 cm³/mol. The molecule has 0 atom stereocenters. The molecule has 1 amide bonds. The number of methoxy groups -OCH3 is 1. The Labute approximate surface area is 143 Å². The minimum Gasteiger partial charge on any atom is -0.497 e. The average Bonchev–Trinajstić information content (AvgIpc) is 2.94. The van der Waals surface area contributed by atoms with E-state index in [2.05, 4.69) is 15.5 Å². The van der Waals surface area contributed by atoms with Crippen LogP contribution in [-0.2, 0) is 6.54 Å². The van der Waals surface area contributed by atoms with Gasteiger partial charge in [-0.3, -0.25) is 4.79 Å². The number of nitrogens with one attached hydrogen (secondary N) is 1. The quantitative estimate of drug-likeness (QED) is 0.761. The maximum Gasteiger partial charge on any atom is 0.263 e. The molecule has 0 fully saturated rings. The van der Waals surface area contributed by atoms with Gasteiger partial charge < -0.3 is 15.8 Å². The lowest BCUT2D eigenvalue weighted by Gasteiger charge is -2.06. The number of hydrogen-bond donors (Lipinski definition) is 2. The molecule has 124 valence electrons. The monoisotopic (exact) mass is 342 g/mol. The van der Waals surface area contributed by atoms with Gasteiger partial charge in [0, 0.05) is 11.9 Å². The van der Waals surface area contributed by atoms with Crippen LogP contribution in [0, 0.1) is 13.8 Å². The summed E-state index contributed by atoms with van der Waals surface area (Å²) in [5.41, 5.74) is 9.41. The van der Waals surface area contributed by atoms with Gasteiger partial charge in [0.05, 0.1) is 18.5 Å². The van der Waals surface area contributed by atoms with E-state index in [0.717, 1.165) is 28.0 Å². The maximum absolute atomic E-state index is 12.5. The zero-order valence-corrected chi connectivity index (χ0v) is 14.5. The molecule has 7 heteroatoms. The summed E-state index contributed by atoms with van der Waals surface area (Å²) >= 11 is 1.27. The highest BCUT2D eigenvalue weighted by Gasteiger charge is 2.19. The average molecular weight is 342 g/mol. The minimum atomic E-state index is -0.205. The van der Waals surface area contributed by atoms with Crippen molar-refractivity contribution in [2.45, 2.75) is 20.4 Å². The molecule has 2 heterocycles. The zero-order valence-electron chi connectivity index (χ0n) is 13.7. The maximum atomic E-state index is 12.5. The highest BCUT2D eigenvalue weighted by Crippen LogP contribution is 2.34. The second-order valence-electron chi connectivity index (χ2n) is 5.47. The summed E-state index contributed by atoms with van der Waals surface area (Å²) in [4.78, 5) is 13.6. The molecular formula is C17H18N4O2S. The van der Waals surface area contributed by atoms with Crippen LogP contribution in [0.25, 0.3) is 10.2 Å². The van der Waals surface area contributed by atoms with Crippen LogP contribution in [0.3, 0.4) is 0 Å². The fraction of sp³-hybridized carbons (Fsp3) is 0.235. The molecule has 0 radical (unpaired) electrons. The smallest absolute Gasteiger partial charge is 0.263 e. The lowest BCUT2D eigenvalue weighted by atomic mass is 10.1. The summed E-state index contributed by atoms with van der Waals surface area (Å²) in [6.07, 6.45) is 0. The zero-order chi connectivity index (χ0) is 17.3. The lowest BCUT2D eigenvalue weighted by Crippen LogP contribution is -2.22. The van der Waals surface area contributed by atoms with Crippen LogP contribution >= 0.6 is 11.3 Å². The third-order valence-electron chi connectivity index (χ3n) is 3.95. The number of thiophene rings is 1. The van der Waals surface area contributed by atoms with E-state index in [-0.39, 0.29) is 5.91 Å².